The average Bonchev–Trinajstić information content (AvgIpc) is 2.83. The van der Waals surface area contributed by atoms with Crippen molar-refractivity contribution in [1.29, 1.82) is 0 Å². The monoisotopic (exact) mass is 466 g/mol. The van der Waals surface area contributed by atoms with Crippen molar-refractivity contribution in [2.45, 2.75) is 18.8 Å². The number of carbonyl (C=O) groups excluding carboxylic acids is 2. The first-order valence-corrected chi connectivity index (χ1v) is 10.6. The van der Waals surface area contributed by atoms with Crippen molar-refractivity contribution in [3.63, 3.8) is 0 Å². The maximum Gasteiger partial charge on any atom is 0.335 e. The molecule has 0 spiro atoms. The molecule has 0 heterocycles. The maximum absolute atomic E-state index is 13.1. The minimum Gasteiger partial charge on any atom is -0.493 e. The predicted octanol–water partition coefficient (Wildman–Crippen LogP) is 5.69. The molecule has 6 nitrogen and oxygen atoms in total. The van der Waals surface area contributed by atoms with E-state index in [9.17, 15) is 19.5 Å². The molecule has 0 amide bonds. The van der Waals surface area contributed by atoms with Gasteiger partial charge in [0, 0.05) is 29.0 Å². The second-order valence-electron chi connectivity index (χ2n) is 7.46. The summed E-state index contributed by atoms with van der Waals surface area (Å²) >= 11 is 5.92. The lowest BCUT2D eigenvalue weighted by Crippen LogP contribution is -2.13. The minimum absolute atomic E-state index is 0.0118. The molecule has 0 bridgehead atoms. The normalized spacial score (nSPS) is 11.5. The number of carboxylic acids is 1. The van der Waals surface area contributed by atoms with E-state index >= 15 is 0 Å². The number of hydrogen-bond acceptors (Lipinski definition) is 5. The Labute approximate surface area is 196 Å². The van der Waals surface area contributed by atoms with E-state index in [1.807, 2.05) is 0 Å². The number of rotatable bonds is 10. The number of carboxylic acid groups (broad SMARTS) is 1. The van der Waals surface area contributed by atoms with Crippen LogP contribution in [0.1, 0.15) is 55.4 Å². The SMILES string of the molecule is COc1ccc(C(=O)CC(CC(=O)c2ccc(Cl)cc2)c2cccc(C(=O)O)c2)cc1OC. The van der Waals surface area contributed by atoms with Crippen LogP contribution in [0.5, 0.6) is 11.5 Å². The van der Waals surface area contributed by atoms with Crippen LogP contribution >= 0.6 is 11.6 Å². The largest absolute Gasteiger partial charge is 0.493 e. The first kappa shape index (κ1) is 24.0. The van der Waals surface area contributed by atoms with Crippen molar-refractivity contribution in [3.05, 3.63) is 94.0 Å². The smallest absolute Gasteiger partial charge is 0.335 e. The Morgan fingerprint density at radius 2 is 1.39 bits per heavy atom. The van der Waals surface area contributed by atoms with E-state index in [1.165, 1.54) is 26.4 Å². The van der Waals surface area contributed by atoms with Crippen molar-refractivity contribution in [3.8, 4) is 11.5 Å². The third-order valence-corrected chi connectivity index (χ3v) is 5.59. The van der Waals surface area contributed by atoms with Gasteiger partial charge in [0.1, 0.15) is 0 Å². The summed E-state index contributed by atoms with van der Waals surface area (Å²) in [6.07, 6.45) is 0.0433. The summed E-state index contributed by atoms with van der Waals surface area (Å²) in [5.41, 5.74) is 1.57. The standard InChI is InChI=1S/C26H23ClO6/c1-32-24-11-8-18(15-25(24)33-2)23(29)14-20(17-4-3-5-19(12-17)26(30)31)13-22(28)16-6-9-21(27)10-7-16/h3-12,15,20H,13-14H2,1-2H3,(H,30,31). The number of aromatic carboxylic acids is 1. The summed E-state index contributed by atoms with van der Waals surface area (Å²) < 4.78 is 10.5. The number of benzene rings is 3. The van der Waals surface area contributed by atoms with Crippen LogP contribution in [0.15, 0.2) is 66.7 Å². The van der Waals surface area contributed by atoms with Gasteiger partial charge in [-0.2, -0.15) is 0 Å². The van der Waals surface area contributed by atoms with E-state index in [0.29, 0.717) is 33.2 Å². The number of halogens is 1. The maximum atomic E-state index is 13.1. The van der Waals surface area contributed by atoms with Crippen molar-refractivity contribution in [2.24, 2.45) is 0 Å². The van der Waals surface area contributed by atoms with E-state index in [4.69, 9.17) is 21.1 Å². The summed E-state index contributed by atoms with van der Waals surface area (Å²) in [5, 5.41) is 9.89. The molecule has 170 valence electrons. The van der Waals surface area contributed by atoms with E-state index in [-0.39, 0.29) is 30.0 Å². The summed E-state index contributed by atoms with van der Waals surface area (Å²) in [6, 6.07) is 17.7. The zero-order valence-corrected chi connectivity index (χ0v) is 19.0. The highest BCUT2D eigenvalue weighted by Crippen LogP contribution is 2.31. The third kappa shape index (κ3) is 5.99. The highest BCUT2D eigenvalue weighted by molar-refractivity contribution is 6.30. The number of carbonyl (C=O) groups is 3. The van der Waals surface area contributed by atoms with Crippen LogP contribution in [0.25, 0.3) is 0 Å². The van der Waals surface area contributed by atoms with Gasteiger partial charge in [0.05, 0.1) is 19.8 Å². The molecule has 0 saturated carbocycles. The molecule has 0 fully saturated rings. The Bertz CT molecular complexity index is 1170. The van der Waals surface area contributed by atoms with Crippen LogP contribution in [0.2, 0.25) is 5.02 Å². The van der Waals surface area contributed by atoms with Crippen LogP contribution in [-0.4, -0.2) is 36.9 Å². The quantitative estimate of drug-likeness (QED) is 0.386. The topological polar surface area (TPSA) is 89.9 Å². The fraction of sp³-hybridized carbons (Fsp3) is 0.192. The van der Waals surface area contributed by atoms with Gasteiger partial charge in [-0.3, -0.25) is 9.59 Å². The molecule has 3 aromatic rings. The summed E-state index contributed by atoms with van der Waals surface area (Å²) in [7, 11) is 2.99. The molecule has 0 radical (unpaired) electrons. The number of ketones is 2. The molecule has 0 saturated heterocycles. The lowest BCUT2D eigenvalue weighted by molar-refractivity contribution is 0.0696. The fourth-order valence-electron chi connectivity index (χ4n) is 3.56. The molecule has 3 rings (SSSR count). The van der Waals surface area contributed by atoms with Gasteiger partial charge in [0.15, 0.2) is 23.1 Å². The first-order chi connectivity index (χ1) is 15.8. The lowest BCUT2D eigenvalue weighted by Gasteiger charge is -2.17. The molecule has 0 aliphatic rings. The second kappa shape index (κ2) is 10.8. The lowest BCUT2D eigenvalue weighted by atomic mass is 9.85. The van der Waals surface area contributed by atoms with E-state index in [2.05, 4.69) is 0 Å². The number of Topliss-reactive ketones (excluding diaryl/α,β-unsaturated/α-hetero) is 2. The Kier molecular flexibility index (Phi) is 7.85. The molecule has 0 aliphatic heterocycles. The summed E-state index contributed by atoms with van der Waals surface area (Å²) in [5.74, 6) is -1.05. The Balaban J connectivity index is 1.92. The zero-order valence-electron chi connectivity index (χ0n) is 18.2. The molecule has 1 unspecified atom stereocenters. The number of ether oxygens (including phenoxy) is 2. The van der Waals surface area contributed by atoms with Gasteiger partial charge in [0.25, 0.3) is 0 Å². The molecule has 7 heteroatoms. The van der Waals surface area contributed by atoms with Gasteiger partial charge < -0.3 is 14.6 Å². The van der Waals surface area contributed by atoms with Crippen LogP contribution in [-0.2, 0) is 0 Å². The third-order valence-electron chi connectivity index (χ3n) is 5.34. The molecule has 1 atom stereocenters. The van der Waals surface area contributed by atoms with Crippen LogP contribution in [0, 0.1) is 0 Å². The molecule has 0 aliphatic carbocycles. The number of hydrogen-bond donors (Lipinski definition) is 1. The average molecular weight is 467 g/mol. The van der Waals surface area contributed by atoms with Crippen LogP contribution in [0.4, 0.5) is 0 Å². The zero-order chi connectivity index (χ0) is 24.0. The summed E-state index contributed by atoms with van der Waals surface area (Å²) in [4.78, 5) is 37.5. The van der Waals surface area contributed by atoms with Crippen molar-refractivity contribution in [2.75, 3.05) is 14.2 Å². The molecular formula is C26H23ClO6. The van der Waals surface area contributed by atoms with Gasteiger partial charge >= 0.3 is 5.97 Å². The fourth-order valence-corrected chi connectivity index (χ4v) is 3.69. The van der Waals surface area contributed by atoms with Gasteiger partial charge in [0.2, 0.25) is 0 Å². The van der Waals surface area contributed by atoms with Gasteiger partial charge in [-0.15, -0.1) is 0 Å². The highest BCUT2D eigenvalue weighted by Gasteiger charge is 2.23. The first-order valence-electron chi connectivity index (χ1n) is 10.2. The van der Waals surface area contributed by atoms with Gasteiger partial charge in [-0.25, -0.2) is 4.79 Å². The van der Waals surface area contributed by atoms with Crippen LogP contribution < -0.4 is 9.47 Å². The van der Waals surface area contributed by atoms with E-state index in [0.717, 1.165) is 0 Å². The Morgan fingerprint density at radius 3 is 2.00 bits per heavy atom. The van der Waals surface area contributed by atoms with E-state index < -0.39 is 11.9 Å². The summed E-state index contributed by atoms with van der Waals surface area (Å²) in [6.45, 7) is 0. The van der Waals surface area contributed by atoms with E-state index in [1.54, 1.807) is 54.6 Å². The molecule has 33 heavy (non-hydrogen) atoms. The van der Waals surface area contributed by atoms with Crippen molar-refractivity contribution in [1.82, 2.24) is 0 Å². The Morgan fingerprint density at radius 1 is 0.788 bits per heavy atom. The van der Waals surface area contributed by atoms with Crippen molar-refractivity contribution >= 4 is 29.1 Å². The molecule has 3 aromatic carbocycles. The Hall–Kier alpha value is -3.64. The molecule has 1 N–H and O–H groups in total. The van der Waals surface area contributed by atoms with Crippen molar-refractivity contribution < 1.29 is 29.0 Å². The highest BCUT2D eigenvalue weighted by atomic mass is 35.5. The van der Waals surface area contributed by atoms with Gasteiger partial charge in [-0.05, 0) is 66.1 Å². The molecular weight excluding hydrogens is 444 g/mol. The molecule has 0 aromatic heterocycles. The minimum atomic E-state index is -1.08. The number of methoxy groups -OCH3 is 2. The predicted molar refractivity (Wildman–Crippen MR) is 125 cm³/mol. The van der Waals surface area contributed by atoms with Crippen LogP contribution in [0.3, 0.4) is 0 Å². The van der Waals surface area contributed by atoms with Gasteiger partial charge in [-0.1, -0.05) is 23.7 Å². The second-order valence-corrected chi connectivity index (χ2v) is 7.90.